The maximum Gasteiger partial charge on any atom is 0.255 e. The Morgan fingerprint density at radius 2 is 2.05 bits per heavy atom. The van der Waals surface area contributed by atoms with Gasteiger partial charge in [0.25, 0.3) is 5.91 Å². The van der Waals surface area contributed by atoms with E-state index in [9.17, 15) is 4.79 Å². The molecule has 0 atom stereocenters. The lowest BCUT2D eigenvalue weighted by Crippen LogP contribution is -2.13. The maximum atomic E-state index is 12.1. The van der Waals surface area contributed by atoms with Crippen LogP contribution in [0.4, 0.5) is 5.69 Å². The van der Waals surface area contributed by atoms with Gasteiger partial charge in [-0.05, 0) is 37.3 Å². The summed E-state index contributed by atoms with van der Waals surface area (Å²) < 4.78 is 0. The summed E-state index contributed by atoms with van der Waals surface area (Å²) in [4.78, 5) is 12.1. The Balaban J connectivity index is 2.29. The minimum atomic E-state index is -0.262. The van der Waals surface area contributed by atoms with Crippen LogP contribution in [-0.4, -0.2) is 5.91 Å². The number of nitrogens with zero attached hydrogens (tertiary/aromatic N) is 1. The summed E-state index contributed by atoms with van der Waals surface area (Å²) in [6.45, 7) is 1.91. The lowest BCUT2D eigenvalue weighted by atomic mass is 10.1. The zero-order chi connectivity index (χ0) is 13.8. The lowest BCUT2D eigenvalue weighted by molar-refractivity contribution is 0.102. The van der Waals surface area contributed by atoms with Crippen molar-refractivity contribution in [1.29, 1.82) is 5.26 Å². The van der Waals surface area contributed by atoms with Gasteiger partial charge >= 0.3 is 0 Å². The molecule has 1 amide bonds. The van der Waals surface area contributed by atoms with E-state index in [4.69, 9.17) is 16.9 Å². The van der Waals surface area contributed by atoms with Gasteiger partial charge in [-0.15, -0.1) is 0 Å². The van der Waals surface area contributed by atoms with Crippen LogP contribution in [0.2, 0.25) is 5.02 Å². The molecule has 2 aromatic rings. The molecule has 2 aromatic carbocycles. The molecule has 0 spiro atoms. The van der Waals surface area contributed by atoms with Gasteiger partial charge in [0.15, 0.2) is 0 Å². The van der Waals surface area contributed by atoms with Gasteiger partial charge in [-0.2, -0.15) is 5.26 Å². The topological polar surface area (TPSA) is 52.9 Å². The van der Waals surface area contributed by atoms with E-state index < -0.39 is 0 Å². The number of benzene rings is 2. The van der Waals surface area contributed by atoms with Crippen molar-refractivity contribution in [3.63, 3.8) is 0 Å². The molecule has 0 fully saturated rings. The highest BCUT2D eigenvalue weighted by Gasteiger charge is 2.09. The predicted octanol–water partition coefficient (Wildman–Crippen LogP) is 3.77. The molecule has 94 valence electrons. The number of hydrogen-bond donors (Lipinski definition) is 1. The van der Waals surface area contributed by atoms with Crippen molar-refractivity contribution in [1.82, 2.24) is 0 Å². The van der Waals surface area contributed by atoms with Crippen LogP contribution in [0, 0.1) is 18.3 Å². The zero-order valence-electron chi connectivity index (χ0n) is 10.3. The van der Waals surface area contributed by atoms with E-state index in [0.717, 1.165) is 5.56 Å². The monoisotopic (exact) mass is 270 g/mol. The third kappa shape index (κ3) is 3.12. The first-order valence-electron chi connectivity index (χ1n) is 5.68. The summed E-state index contributed by atoms with van der Waals surface area (Å²) in [6.07, 6.45) is 0. The Hall–Kier alpha value is -2.31. The van der Waals surface area contributed by atoms with Crippen LogP contribution in [0.25, 0.3) is 0 Å². The van der Waals surface area contributed by atoms with E-state index in [1.165, 1.54) is 0 Å². The van der Waals surface area contributed by atoms with Crippen LogP contribution in [0.1, 0.15) is 21.5 Å². The predicted molar refractivity (Wildman–Crippen MR) is 75.3 cm³/mol. The van der Waals surface area contributed by atoms with Gasteiger partial charge in [0.05, 0.1) is 11.3 Å². The van der Waals surface area contributed by atoms with E-state index >= 15 is 0 Å². The molecule has 1 N–H and O–H groups in total. The van der Waals surface area contributed by atoms with E-state index in [1.807, 2.05) is 25.1 Å². The van der Waals surface area contributed by atoms with Gasteiger partial charge in [0, 0.05) is 10.6 Å². The Morgan fingerprint density at radius 1 is 1.26 bits per heavy atom. The maximum absolute atomic E-state index is 12.1. The molecule has 4 heteroatoms. The number of carbonyl (C=O) groups is 1. The largest absolute Gasteiger partial charge is 0.321 e. The number of nitriles is 1. The van der Waals surface area contributed by atoms with E-state index in [-0.39, 0.29) is 5.91 Å². The molecule has 0 saturated heterocycles. The molecule has 0 unspecified atom stereocenters. The van der Waals surface area contributed by atoms with Crippen LogP contribution >= 0.6 is 11.6 Å². The third-order valence-corrected chi connectivity index (χ3v) is 2.87. The van der Waals surface area contributed by atoms with Gasteiger partial charge in [0.1, 0.15) is 6.07 Å². The molecule has 19 heavy (non-hydrogen) atoms. The summed E-state index contributed by atoms with van der Waals surface area (Å²) in [5, 5.41) is 12.2. The second-order valence-electron chi connectivity index (χ2n) is 4.13. The quantitative estimate of drug-likeness (QED) is 0.903. The number of hydrogen-bond acceptors (Lipinski definition) is 2. The molecule has 0 aliphatic heterocycles. The number of amides is 1. The molecule has 0 bridgehead atoms. The number of carbonyl (C=O) groups excluding carboxylic acids is 1. The molecule has 3 nitrogen and oxygen atoms in total. The van der Waals surface area contributed by atoms with Crippen molar-refractivity contribution >= 4 is 23.2 Å². The van der Waals surface area contributed by atoms with E-state index in [2.05, 4.69) is 5.32 Å². The van der Waals surface area contributed by atoms with Gasteiger partial charge in [0.2, 0.25) is 0 Å². The highest BCUT2D eigenvalue weighted by atomic mass is 35.5. The Bertz CT molecular complexity index is 674. The van der Waals surface area contributed by atoms with Crippen molar-refractivity contribution in [3.05, 3.63) is 64.2 Å². The van der Waals surface area contributed by atoms with Crippen molar-refractivity contribution in [2.45, 2.75) is 6.92 Å². The molecule has 0 aliphatic carbocycles. The van der Waals surface area contributed by atoms with Gasteiger partial charge in [-0.3, -0.25) is 4.79 Å². The van der Waals surface area contributed by atoms with Crippen LogP contribution in [0.3, 0.4) is 0 Å². The van der Waals surface area contributed by atoms with Crippen molar-refractivity contribution in [2.24, 2.45) is 0 Å². The van der Waals surface area contributed by atoms with E-state index in [1.54, 1.807) is 30.3 Å². The first-order chi connectivity index (χ1) is 9.10. The molecular formula is C15H11ClN2O. The molecule has 0 aromatic heterocycles. The Kier molecular flexibility index (Phi) is 3.84. The fourth-order valence-corrected chi connectivity index (χ4v) is 1.87. The fourth-order valence-electron chi connectivity index (χ4n) is 1.70. The van der Waals surface area contributed by atoms with Crippen molar-refractivity contribution in [3.8, 4) is 6.07 Å². The molecular weight excluding hydrogens is 260 g/mol. The molecule has 0 radical (unpaired) electrons. The van der Waals surface area contributed by atoms with E-state index in [0.29, 0.717) is 21.8 Å². The fraction of sp³-hybridized carbons (Fsp3) is 0.0667. The minimum absolute atomic E-state index is 0.262. The van der Waals surface area contributed by atoms with Gasteiger partial charge in [-0.1, -0.05) is 29.3 Å². The molecule has 0 saturated carbocycles. The summed E-state index contributed by atoms with van der Waals surface area (Å²) in [7, 11) is 0. The minimum Gasteiger partial charge on any atom is -0.321 e. The molecule has 2 rings (SSSR count). The van der Waals surface area contributed by atoms with Crippen LogP contribution in [0.5, 0.6) is 0 Å². The highest BCUT2D eigenvalue weighted by Crippen LogP contribution is 2.21. The van der Waals surface area contributed by atoms with Crippen molar-refractivity contribution in [2.75, 3.05) is 5.32 Å². The van der Waals surface area contributed by atoms with Crippen LogP contribution in [-0.2, 0) is 0 Å². The highest BCUT2D eigenvalue weighted by molar-refractivity contribution is 6.31. The standard InChI is InChI=1S/C15H11ClN2O/c1-10-3-2-4-11(7-10)15(19)18-14-8-13(16)6-5-12(14)9-17/h2-8H,1H3,(H,18,19). The smallest absolute Gasteiger partial charge is 0.255 e. The first kappa shape index (κ1) is 13.1. The first-order valence-corrected chi connectivity index (χ1v) is 6.05. The lowest BCUT2D eigenvalue weighted by Gasteiger charge is -2.08. The third-order valence-electron chi connectivity index (χ3n) is 2.63. The normalized spacial score (nSPS) is 9.74. The SMILES string of the molecule is Cc1cccc(C(=O)Nc2cc(Cl)ccc2C#N)c1. The number of anilines is 1. The van der Waals surface area contributed by atoms with Gasteiger partial charge in [-0.25, -0.2) is 0 Å². The number of rotatable bonds is 2. The van der Waals surface area contributed by atoms with Gasteiger partial charge < -0.3 is 5.32 Å². The summed E-state index contributed by atoms with van der Waals surface area (Å²) in [6, 6.07) is 14.0. The number of nitrogens with one attached hydrogen (secondary N) is 1. The summed E-state index contributed by atoms with van der Waals surface area (Å²) in [5.74, 6) is -0.262. The van der Waals surface area contributed by atoms with Crippen LogP contribution in [0.15, 0.2) is 42.5 Å². The average Bonchev–Trinajstić information content (AvgIpc) is 2.39. The number of halogens is 1. The van der Waals surface area contributed by atoms with Crippen molar-refractivity contribution < 1.29 is 4.79 Å². The zero-order valence-corrected chi connectivity index (χ0v) is 11.0. The summed E-state index contributed by atoms with van der Waals surface area (Å²) in [5.41, 5.74) is 2.34. The molecule has 0 aliphatic rings. The Morgan fingerprint density at radius 3 is 2.74 bits per heavy atom. The number of aryl methyl sites for hydroxylation is 1. The second-order valence-corrected chi connectivity index (χ2v) is 4.56. The molecule has 0 heterocycles. The second kappa shape index (κ2) is 5.55. The van der Waals surface area contributed by atoms with Crippen LogP contribution < -0.4 is 5.32 Å². The Labute approximate surface area is 116 Å². The summed E-state index contributed by atoms with van der Waals surface area (Å²) >= 11 is 5.87. The average molecular weight is 271 g/mol.